The fourth-order valence-corrected chi connectivity index (χ4v) is 1.87. The van der Waals surface area contributed by atoms with Crippen molar-refractivity contribution in [1.29, 1.82) is 0 Å². The van der Waals surface area contributed by atoms with Gasteiger partial charge in [0.2, 0.25) is 9.04 Å². The molecule has 0 amide bonds. The first-order valence-electron chi connectivity index (χ1n) is 5.71. The van der Waals surface area contributed by atoms with Gasteiger partial charge in [-0.2, -0.15) is 0 Å². The van der Waals surface area contributed by atoms with Crippen molar-refractivity contribution < 1.29 is 4.43 Å². The highest BCUT2D eigenvalue weighted by atomic mass is 28.3. The molecule has 0 aromatic carbocycles. The van der Waals surface area contributed by atoms with Crippen LogP contribution in [0, 0.1) is 0 Å². The van der Waals surface area contributed by atoms with Gasteiger partial charge in [0.15, 0.2) is 0 Å². The first-order chi connectivity index (χ1) is 7.27. The second kappa shape index (κ2) is 11.6. The zero-order valence-corrected chi connectivity index (χ0v) is 10.9. The van der Waals surface area contributed by atoms with Gasteiger partial charge >= 0.3 is 0 Å². The number of hydrogen-bond donors (Lipinski definition) is 0. The zero-order valence-electron chi connectivity index (χ0n) is 9.91. The van der Waals surface area contributed by atoms with Gasteiger partial charge in [-0.15, -0.1) is 0 Å². The first kappa shape index (κ1) is 14.5. The van der Waals surface area contributed by atoms with E-state index in [1.165, 1.54) is 32.1 Å². The number of unbranched alkanes of at least 4 members (excludes halogenated alkanes) is 5. The molecule has 0 aromatic rings. The zero-order chi connectivity index (χ0) is 11.4. The van der Waals surface area contributed by atoms with E-state index in [9.17, 15) is 0 Å². The summed E-state index contributed by atoms with van der Waals surface area (Å²) in [5.74, 6) is 0. The molecule has 5 heteroatoms. The van der Waals surface area contributed by atoms with Gasteiger partial charge in [-0.05, 0) is 31.5 Å². The average Bonchev–Trinajstić information content (AvgIpc) is 2.20. The molecule has 0 aliphatic heterocycles. The molecule has 15 heavy (non-hydrogen) atoms. The van der Waals surface area contributed by atoms with Gasteiger partial charge in [-0.1, -0.05) is 30.8 Å². The van der Waals surface area contributed by atoms with Crippen LogP contribution in [0.1, 0.15) is 38.5 Å². The molecule has 4 nitrogen and oxygen atoms in total. The van der Waals surface area contributed by atoms with E-state index in [1.807, 2.05) is 0 Å². The Morgan fingerprint density at radius 3 is 2.27 bits per heavy atom. The van der Waals surface area contributed by atoms with Gasteiger partial charge in [0.1, 0.15) is 0 Å². The Bertz CT molecular complexity index is 182. The first-order valence-corrected chi connectivity index (χ1v) is 8.12. The third-order valence-electron chi connectivity index (χ3n) is 2.11. The quantitative estimate of drug-likeness (QED) is 0.184. The maximum atomic E-state index is 8.06. The van der Waals surface area contributed by atoms with E-state index in [1.54, 1.807) is 0 Å². The maximum Gasteiger partial charge on any atom is 0.204 e. The van der Waals surface area contributed by atoms with Crippen LogP contribution >= 0.6 is 0 Å². The Kier molecular flexibility index (Phi) is 11.2. The highest BCUT2D eigenvalue weighted by Gasteiger charge is 1.95. The van der Waals surface area contributed by atoms with E-state index < -0.39 is 9.04 Å². The van der Waals surface area contributed by atoms with Crippen molar-refractivity contribution in [2.24, 2.45) is 5.11 Å². The smallest absolute Gasteiger partial charge is 0.204 e. The van der Waals surface area contributed by atoms with Crippen molar-refractivity contribution in [1.82, 2.24) is 0 Å². The summed E-state index contributed by atoms with van der Waals surface area (Å²) >= 11 is 0. The van der Waals surface area contributed by atoms with Crippen molar-refractivity contribution in [3.05, 3.63) is 10.4 Å². The molecule has 0 aliphatic rings. The van der Waals surface area contributed by atoms with Crippen LogP contribution < -0.4 is 0 Å². The summed E-state index contributed by atoms with van der Waals surface area (Å²) < 4.78 is 5.55. The second-order valence-electron chi connectivity index (χ2n) is 3.83. The van der Waals surface area contributed by atoms with Crippen molar-refractivity contribution in [2.75, 3.05) is 13.2 Å². The van der Waals surface area contributed by atoms with Gasteiger partial charge in [0, 0.05) is 18.1 Å². The lowest BCUT2D eigenvalue weighted by Gasteiger charge is -2.05. The molecular weight excluding hydrogens is 206 g/mol. The number of azide groups is 1. The van der Waals surface area contributed by atoms with Crippen LogP contribution in [0.5, 0.6) is 0 Å². The molecule has 1 radical (unpaired) electrons. The van der Waals surface area contributed by atoms with Gasteiger partial charge in [-0.25, -0.2) is 0 Å². The molecule has 0 rings (SSSR count). The van der Waals surface area contributed by atoms with E-state index in [0.29, 0.717) is 6.54 Å². The van der Waals surface area contributed by atoms with Crippen LogP contribution in [0.4, 0.5) is 0 Å². The molecule has 0 fully saturated rings. The Hall–Kier alpha value is -0.513. The van der Waals surface area contributed by atoms with Crippen LogP contribution in [0.3, 0.4) is 0 Å². The Morgan fingerprint density at radius 2 is 1.67 bits per heavy atom. The molecule has 0 bridgehead atoms. The van der Waals surface area contributed by atoms with Crippen LogP contribution in [0.25, 0.3) is 10.4 Å². The fourth-order valence-electron chi connectivity index (χ4n) is 1.31. The molecule has 0 N–H and O–H groups in total. The Balaban J connectivity index is 2.95. The summed E-state index contributed by atoms with van der Waals surface area (Å²) in [4.78, 5) is 2.72. The standard InChI is InChI=1S/C10H22N3OSi/c1-15(2)14-10-8-6-4-3-5-7-9-12-13-11/h3-10H2,1-2H3. The van der Waals surface area contributed by atoms with Crippen LogP contribution in [-0.2, 0) is 4.43 Å². The van der Waals surface area contributed by atoms with E-state index >= 15 is 0 Å². The Morgan fingerprint density at radius 1 is 1.07 bits per heavy atom. The molecule has 87 valence electrons. The molecule has 0 saturated carbocycles. The Labute approximate surface area is 94.4 Å². The SMILES string of the molecule is C[Si](C)OCCCCCCCCN=[N+]=[N-]. The van der Waals surface area contributed by atoms with Gasteiger partial charge in [0.05, 0.1) is 0 Å². The summed E-state index contributed by atoms with van der Waals surface area (Å²) in [5.41, 5.74) is 8.06. The van der Waals surface area contributed by atoms with E-state index in [0.717, 1.165) is 13.0 Å². The number of nitrogens with zero attached hydrogens (tertiary/aromatic N) is 3. The minimum absolute atomic E-state index is 0.488. The molecule has 0 aliphatic carbocycles. The molecule has 0 saturated heterocycles. The number of hydrogen-bond acceptors (Lipinski definition) is 2. The van der Waals surface area contributed by atoms with Crippen LogP contribution in [0.2, 0.25) is 13.1 Å². The summed E-state index contributed by atoms with van der Waals surface area (Å²) in [5, 5.41) is 3.50. The summed E-state index contributed by atoms with van der Waals surface area (Å²) in [6, 6.07) is 0. The third-order valence-corrected chi connectivity index (χ3v) is 2.89. The lowest BCUT2D eigenvalue weighted by atomic mass is 10.1. The molecule has 0 aromatic heterocycles. The monoisotopic (exact) mass is 228 g/mol. The molecule has 0 heterocycles. The highest BCUT2D eigenvalue weighted by Crippen LogP contribution is 2.05. The lowest BCUT2D eigenvalue weighted by Crippen LogP contribution is -2.08. The normalized spacial score (nSPS) is 10.3. The molecule has 0 spiro atoms. The maximum absolute atomic E-state index is 8.06. The fraction of sp³-hybridized carbons (Fsp3) is 1.00. The van der Waals surface area contributed by atoms with Gasteiger partial charge in [0.25, 0.3) is 0 Å². The van der Waals surface area contributed by atoms with Crippen molar-refractivity contribution >= 4 is 9.04 Å². The predicted octanol–water partition coefficient (Wildman–Crippen LogP) is 3.91. The second-order valence-corrected chi connectivity index (χ2v) is 5.94. The van der Waals surface area contributed by atoms with Crippen LogP contribution in [0.15, 0.2) is 5.11 Å². The lowest BCUT2D eigenvalue weighted by molar-refractivity contribution is 0.312. The average molecular weight is 228 g/mol. The van der Waals surface area contributed by atoms with Gasteiger partial charge in [-0.3, -0.25) is 0 Å². The largest absolute Gasteiger partial charge is 0.417 e. The summed E-state index contributed by atoms with van der Waals surface area (Å²) in [6.45, 7) is 5.91. The van der Waals surface area contributed by atoms with Crippen molar-refractivity contribution in [2.45, 2.75) is 51.6 Å². The third kappa shape index (κ3) is 13.5. The van der Waals surface area contributed by atoms with Crippen molar-refractivity contribution in [3.63, 3.8) is 0 Å². The van der Waals surface area contributed by atoms with E-state index in [4.69, 9.17) is 9.96 Å². The van der Waals surface area contributed by atoms with Gasteiger partial charge < -0.3 is 4.43 Å². The minimum Gasteiger partial charge on any atom is -0.417 e. The predicted molar refractivity (Wildman–Crippen MR) is 65.1 cm³/mol. The number of rotatable bonds is 10. The molecule has 0 atom stereocenters. The van der Waals surface area contributed by atoms with E-state index in [-0.39, 0.29) is 0 Å². The molecule has 0 unspecified atom stereocenters. The highest BCUT2D eigenvalue weighted by molar-refractivity contribution is 6.48. The summed E-state index contributed by atoms with van der Waals surface area (Å²) in [6.07, 6.45) is 7.17. The van der Waals surface area contributed by atoms with Crippen LogP contribution in [-0.4, -0.2) is 22.2 Å². The minimum atomic E-state index is -0.488. The summed E-state index contributed by atoms with van der Waals surface area (Å²) in [7, 11) is -0.488. The molecular formula is C10H22N3OSi. The van der Waals surface area contributed by atoms with Crippen molar-refractivity contribution in [3.8, 4) is 0 Å². The topological polar surface area (TPSA) is 58.0 Å². The van der Waals surface area contributed by atoms with E-state index in [2.05, 4.69) is 23.1 Å².